The van der Waals surface area contributed by atoms with Gasteiger partial charge in [-0.05, 0) is 24.7 Å². The quantitative estimate of drug-likeness (QED) is 0.652. The molecule has 96 valence electrons. The summed E-state index contributed by atoms with van der Waals surface area (Å²) in [6, 6.07) is 0.120. The number of rotatable bonds is 3. The summed E-state index contributed by atoms with van der Waals surface area (Å²) in [5, 5.41) is 2.13. The van der Waals surface area contributed by atoms with Gasteiger partial charge in [0.2, 0.25) is 0 Å². The van der Waals surface area contributed by atoms with E-state index >= 15 is 0 Å². The second-order valence-corrected chi connectivity index (χ2v) is 3.86. The maximum Gasteiger partial charge on any atom is 0.390 e. The summed E-state index contributed by atoms with van der Waals surface area (Å²) in [6.45, 7) is 0. The third-order valence-electron chi connectivity index (χ3n) is 2.20. The van der Waals surface area contributed by atoms with Crippen LogP contribution in [0.4, 0.5) is 22.0 Å². The number of hydrogen-bond donors (Lipinski definition) is 1. The molecule has 0 saturated heterocycles. The molecule has 0 aromatic heterocycles. The summed E-state index contributed by atoms with van der Waals surface area (Å²) >= 11 is 5.59. The molecule has 1 N–H and O–H groups in total. The molecule has 0 amide bonds. The molecule has 0 saturated carbocycles. The van der Waals surface area contributed by atoms with Crippen molar-refractivity contribution >= 4 is 11.6 Å². The van der Waals surface area contributed by atoms with Gasteiger partial charge < -0.3 is 5.32 Å². The molecule has 1 atom stereocenters. The van der Waals surface area contributed by atoms with Crippen LogP contribution in [0.5, 0.6) is 0 Å². The van der Waals surface area contributed by atoms with Crippen LogP contribution in [0.1, 0.15) is 18.0 Å². The predicted molar refractivity (Wildman–Crippen MR) is 53.8 cm³/mol. The lowest BCUT2D eigenvalue weighted by Crippen LogP contribution is -2.24. The Hall–Kier alpha value is -0.880. The van der Waals surface area contributed by atoms with Crippen LogP contribution in [-0.2, 0) is 0 Å². The van der Waals surface area contributed by atoms with Gasteiger partial charge in [0.25, 0.3) is 0 Å². The highest BCUT2D eigenvalue weighted by Gasteiger charge is 2.33. The first kappa shape index (κ1) is 14.2. The standard InChI is InChI=1S/C10H9ClF5N/c1-17-9(4-10(14,15)16)5-2-7(12)8(13)3-6(5)11/h2-3,9,17H,4H2,1H3. The molecule has 0 aliphatic rings. The Kier molecular flexibility index (Phi) is 4.32. The van der Waals surface area contributed by atoms with Crippen LogP contribution < -0.4 is 5.32 Å². The minimum Gasteiger partial charge on any atom is -0.313 e. The fourth-order valence-electron chi connectivity index (χ4n) is 1.40. The Balaban J connectivity index is 3.08. The SMILES string of the molecule is CNC(CC(F)(F)F)c1cc(F)c(F)cc1Cl. The predicted octanol–water partition coefficient (Wildman–Crippen LogP) is 3.83. The zero-order valence-corrected chi connectivity index (χ0v) is 9.46. The Morgan fingerprint density at radius 3 is 2.24 bits per heavy atom. The molecule has 1 aromatic carbocycles. The fourth-order valence-corrected chi connectivity index (χ4v) is 1.69. The Labute approximate surface area is 99.6 Å². The van der Waals surface area contributed by atoms with Gasteiger partial charge in [0.1, 0.15) is 0 Å². The molecule has 1 unspecified atom stereocenters. The van der Waals surface area contributed by atoms with Crippen molar-refractivity contribution in [2.24, 2.45) is 0 Å². The van der Waals surface area contributed by atoms with Gasteiger partial charge in [-0.2, -0.15) is 13.2 Å². The first-order valence-corrected chi connectivity index (χ1v) is 5.01. The van der Waals surface area contributed by atoms with E-state index in [1.54, 1.807) is 0 Å². The van der Waals surface area contributed by atoms with Crippen molar-refractivity contribution in [1.29, 1.82) is 0 Å². The topological polar surface area (TPSA) is 12.0 Å². The van der Waals surface area contributed by atoms with E-state index in [0.717, 1.165) is 0 Å². The lowest BCUT2D eigenvalue weighted by Gasteiger charge is -2.19. The smallest absolute Gasteiger partial charge is 0.313 e. The van der Waals surface area contributed by atoms with Crippen molar-refractivity contribution in [3.63, 3.8) is 0 Å². The van der Waals surface area contributed by atoms with Gasteiger partial charge in [0.15, 0.2) is 11.6 Å². The minimum atomic E-state index is -4.43. The number of alkyl halides is 3. The second-order valence-electron chi connectivity index (χ2n) is 3.45. The highest BCUT2D eigenvalue weighted by Crippen LogP contribution is 2.33. The van der Waals surface area contributed by atoms with Gasteiger partial charge in [0, 0.05) is 11.1 Å². The highest BCUT2D eigenvalue weighted by atomic mass is 35.5. The molecule has 0 spiro atoms. The van der Waals surface area contributed by atoms with Crippen LogP contribution in [0.25, 0.3) is 0 Å². The second kappa shape index (κ2) is 5.18. The van der Waals surface area contributed by atoms with Gasteiger partial charge in [-0.3, -0.25) is 0 Å². The monoisotopic (exact) mass is 273 g/mol. The van der Waals surface area contributed by atoms with E-state index in [-0.39, 0.29) is 10.6 Å². The van der Waals surface area contributed by atoms with Crippen molar-refractivity contribution in [1.82, 2.24) is 5.32 Å². The largest absolute Gasteiger partial charge is 0.390 e. The zero-order chi connectivity index (χ0) is 13.2. The zero-order valence-electron chi connectivity index (χ0n) is 8.71. The average Bonchev–Trinajstić information content (AvgIpc) is 2.19. The lowest BCUT2D eigenvalue weighted by molar-refractivity contribution is -0.140. The van der Waals surface area contributed by atoms with Gasteiger partial charge >= 0.3 is 6.18 Å². The molecule has 0 aliphatic carbocycles. The molecule has 7 heteroatoms. The minimum absolute atomic E-state index is 0.120. The summed E-state index contributed by atoms with van der Waals surface area (Å²) < 4.78 is 62.4. The molecule has 1 nitrogen and oxygen atoms in total. The molecule has 0 heterocycles. The molecule has 1 rings (SSSR count). The third kappa shape index (κ3) is 3.81. The Morgan fingerprint density at radius 1 is 1.24 bits per heavy atom. The van der Waals surface area contributed by atoms with E-state index in [9.17, 15) is 22.0 Å². The number of halogens is 6. The first-order chi connectivity index (χ1) is 7.74. The Bertz CT molecular complexity index is 404. The van der Waals surface area contributed by atoms with Crippen LogP contribution in [0.15, 0.2) is 12.1 Å². The van der Waals surface area contributed by atoms with Crippen LogP contribution in [0.2, 0.25) is 5.02 Å². The van der Waals surface area contributed by atoms with E-state index in [4.69, 9.17) is 11.6 Å². The van der Waals surface area contributed by atoms with Crippen molar-refractivity contribution in [3.8, 4) is 0 Å². The average molecular weight is 274 g/mol. The van der Waals surface area contributed by atoms with E-state index in [1.807, 2.05) is 0 Å². The number of benzene rings is 1. The Morgan fingerprint density at radius 2 is 1.76 bits per heavy atom. The lowest BCUT2D eigenvalue weighted by atomic mass is 10.0. The maximum atomic E-state index is 12.9. The highest BCUT2D eigenvalue weighted by molar-refractivity contribution is 6.31. The molecule has 0 aliphatic heterocycles. The summed E-state index contributed by atoms with van der Waals surface area (Å²) in [6.07, 6.45) is -5.64. The maximum absolute atomic E-state index is 12.9. The summed E-state index contributed by atoms with van der Waals surface area (Å²) in [5.74, 6) is -2.42. The van der Waals surface area contributed by atoms with E-state index in [2.05, 4.69) is 5.32 Å². The number of hydrogen-bond acceptors (Lipinski definition) is 1. The molecule has 0 bridgehead atoms. The van der Waals surface area contributed by atoms with Crippen LogP contribution in [0.3, 0.4) is 0 Å². The van der Waals surface area contributed by atoms with Crippen molar-refractivity contribution in [2.45, 2.75) is 18.6 Å². The molecule has 0 radical (unpaired) electrons. The van der Waals surface area contributed by atoms with Crippen LogP contribution >= 0.6 is 11.6 Å². The molecular formula is C10H9ClF5N. The van der Waals surface area contributed by atoms with Gasteiger partial charge in [-0.25, -0.2) is 8.78 Å². The summed E-state index contributed by atoms with van der Waals surface area (Å²) in [5.41, 5.74) is -0.120. The molecular weight excluding hydrogens is 265 g/mol. The molecule has 17 heavy (non-hydrogen) atoms. The van der Waals surface area contributed by atoms with Gasteiger partial charge in [-0.1, -0.05) is 11.6 Å². The first-order valence-electron chi connectivity index (χ1n) is 4.63. The van der Waals surface area contributed by atoms with Crippen LogP contribution in [-0.4, -0.2) is 13.2 Å². The van der Waals surface area contributed by atoms with Gasteiger partial charge in [-0.15, -0.1) is 0 Å². The molecule has 1 aromatic rings. The van der Waals surface area contributed by atoms with Crippen LogP contribution in [0, 0.1) is 11.6 Å². The van der Waals surface area contributed by atoms with Crippen molar-refractivity contribution in [2.75, 3.05) is 7.05 Å². The summed E-state index contributed by atoms with van der Waals surface area (Å²) in [7, 11) is 1.29. The van der Waals surface area contributed by atoms with E-state index < -0.39 is 30.3 Å². The van der Waals surface area contributed by atoms with Gasteiger partial charge in [0.05, 0.1) is 6.42 Å². The fraction of sp³-hybridized carbons (Fsp3) is 0.400. The van der Waals surface area contributed by atoms with E-state index in [1.165, 1.54) is 7.05 Å². The number of nitrogens with one attached hydrogen (secondary N) is 1. The molecule has 0 fully saturated rings. The van der Waals surface area contributed by atoms with E-state index in [0.29, 0.717) is 12.1 Å². The van der Waals surface area contributed by atoms with Crippen molar-refractivity contribution < 1.29 is 22.0 Å². The summed E-state index contributed by atoms with van der Waals surface area (Å²) in [4.78, 5) is 0. The normalized spacial score (nSPS) is 13.8. The third-order valence-corrected chi connectivity index (χ3v) is 2.53. The van der Waals surface area contributed by atoms with Crippen molar-refractivity contribution in [3.05, 3.63) is 34.4 Å².